The van der Waals surface area contributed by atoms with Gasteiger partial charge in [-0.3, -0.25) is 9.36 Å². The van der Waals surface area contributed by atoms with Crippen molar-refractivity contribution >= 4 is 37.8 Å². The lowest BCUT2D eigenvalue weighted by molar-refractivity contribution is -0.136. The molecule has 0 saturated heterocycles. The van der Waals surface area contributed by atoms with E-state index in [4.69, 9.17) is 0 Å². The molecule has 0 unspecified atom stereocenters. The number of carbonyl (C=O) groups is 1. The Kier molecular flexibility index (Phi) is 3.72. The van der Waals surface area contributed by atoms with Gasteiger partial charge in [0, 0.05) is 13.0 Å². The lowest BCUT2D eigenvalue weighted by Gasteiger charge is -2.15. The van der Waals surface area contributed by atoms with Crippen molar-refractivity contribution in [3.05, 3.63) is 15.0 Å². The van der Waals surface area contributed by atoms with E-state index in [1.54, 1.807) is 4.57 Å². The zero-order chi connectivity index (χ0) is 13.5. The summed E-state index contributed by atoms with van der Waals surface area (Å²) < 4.78 is 38.8. The van der Waals surface area contributed by atoms with Crippen molar-refractivity contribution in [2.75, 3.05) is 6.54 Å². The summed E-state index contributed by atoms with van der Waals surface area (Å²) in [5.74, 6) is -0.107. The normalized spacial score (nSPS) is 15.4. The number of halogens is 5. The molecule has 0 aromatic carbocycles. The molecule has 0 N–H and O–H groups in total. The summed E-state index contributed by atoms with van der Waals surface area (Å²) in [5, 5.41) is 0. The average Bonchev–Trinajstić information content (AvgIpc) is 2.68. The number of alkyl halides is 3. The van der Waals surface area contributed by atoms with Gasteiger partial charge < -0.3 is 4.90 Å². The topological polar surface area (TPSA) is 38.1 Å². The van der Waals surface area contributed by atoms with Gasteiger partial charge in [-0.1, -0.05) is 0 Å². The van der Waals surface area contributed by atoms with E-state index in [0.29, 0.717) is 9.21 Å². The first-order valence-electron chi connectivity index (χ1n) is 5.07. The van der Waals surface area contributed by atoms with Gasteiger partial charge in [0.05, 0.1) is 0 Å². The van der Waals surface area contributed by atoms with Gasteiger partial charge in [0.15, 0.2) is 0 Å². The van der Waals surface area contributed by atoms with Crippen LogP contribution in [0.5, 0.6) is 0 Å². The van der Waals surface area contributed by atoms with Crippen LogP contribution < -0.4 is 0 Å². The molecule has 0 spiro atoms. The predicted molar refractivity (Wildman–Crippen MR) is 64.0 cm³/mol. The largest absolute Gasteiger partial charge is 0.389 e. The molecule has 1 aromatic rings. The summed E-state index contributed by atoms with van der Waals surface area (Å²) in [7, 11) is 0. The van der Waals surface area contributed by atoms with E-state index >= 15 is 0 Å². The van der Waals surface area contributed by atoms with E-state index in [0.717, 1.165) is 0 Å². The molecule has 0 saturated carbocycles. The van der Waals surface area contributed by atoms with E-state index in [9.17, 15) is 18.0 Å². The van der Waals surface area contributed by atoms with Crippen molar-refractivity contribution in [2.45, 2.75) is 25.7 Å². The number of amides is 1. The zero-order valence-electron chi connectivity index (χ0n) is 8.97. The number of fused-ring (bicyclic) bond motifs is 1. The van der Waals surface area contributed by atoms with Gasteiger partial charge in [0.25, 0.3) is 5.91 Å². The molecular weight excluding hydrogens is 383 g/mol. The Morgan fingerprint density at radius 1 is 1.33 bits per heavy atom. The van der Waals surface area contributed by atoms with Crippen molar-refractivity contribution in [3.63, 3.8) is 0 Å². The second-order valence-corrected chi connectivity index (χ2v) is 5.38. The first-order chi connectivity index (χ1) is 8.29. The molecule has 0 bridgehead atoms. The molecule has 0 radical (unpaired) electrons. The minimum Gasteiger partial charge on any atom is -0.318 e. The van der Waals surface area contributed by atoms with E-state index in [1.807, 2.05) is 0 Å². The Morgan fingerprint density at radius 2 is 2.00 bits per heavy atom. The molecule has 1 aliphatic heterocycles. The number of nitrogens with zero attached hydrogens (tertiary/aromatic N) is 3. The fourth-order valence-corrected chi connectivity index (χ4v) is 2.47. The Bertz CT molecular complexity index is 486. The lowest BCUT2D eigenvalue weighted by atomic mass is 10.3. The first-order valence-corrected chi connectivity index (χ1v) is 6.66. The molecule has 4 nitrogen and oxygen atoms in total. The molecule has 100 valence electrons. The van der Waals surface area contributed by atoms with E-state index in [1.165, 1.54) is 4.90 Å². The van der Waals surface area contributed by atoms with Crippen molar-refractivity contribution in [1.82, 2.24) is 14.5 Å². The molecule has 2 rings (SSSR count). The van der Waals surface area contributed by atoms with Crippen LogP contribution in [0, 0.1) is 0 Å². The molecule has 18 heavy (non-hydrogen) atoms. The highest BCUT2D eigenvalue weighted by Gasteiger charge is 2.33. The Hall–Kier alpha value is -0.570. The third-order valence-corrected chi connectivity index (χ3v) is 4.43. The number of imidazole rings is 1. The molecule has 1 amide bonds. The van der Waals surface area contributed by atoms with Gasteiger partial charge in [-0.25, -0.2) is 4.98 Å². The Morgan fingerprint density at radius 3 is 2.56 bits per heavy atom. The van der Waals surface area contributed by atoms with Crippen LogP contribution in [-0.2, 0) is 6.67 Å². The summed E-state index contributed by atoms with van der Waals surface area (Å²) in [5.41, 5.74) is 0. The summed E-state index contributed by atoms with van der Waals surface area (Å²) in [6.45, 7) is 0.303. The fourth-order valence-electron chi connectivity index (χ4n) is 1.72. The van der Waals surface area contributed by atoms with Crippen LogP contribution in [0.2, 0.25) is 0 Å². The van der Waals surface area contributed by atoms with E-state index in [-0.39, 0.29) is 31.4 Å². The number of hydrogen-bond acceptors (Lipinski definition) is 2. The first kappa shape index (κ1) is 13.9. The van der Waals surface area contributed by atoms with Crippen molar-refractivity contribution in [1.29, 1.82) is 0 Å². The maximum absolute atomic E-state index is 12.0. The van der Waals surface area contributed by atoms with Crippen LogP contribution in [0.1, 0.15) is 23.5 Å². The highest BCUT2D eigenvalue weighted by atomic mass is 79.9. The molecule has 2 heterocycles. The number of rotatable bonds is 3. The highest BCUT2D eigenvalue weighted by Crippen LogP contribution is 2.29. The minimum absolute atomic E-state index is 0.0752. The second-order valence-electron chi connectivity index (χ2n) is 3.87. The summed E-state index contributed by atoms with van der Waals surface area (Å²) in [6, 6.07) is 0. The second kappa shape index (κ2) is 4.84. The van der Waals surface area contributed by atoms with Crippen molar-refractivity contribution < 1.29 is 18.0 Å². The molecule has 1 aliphatic rings. The van der Waals surface area contributed by atoms with Gasteiger partial charge in [-0.15, -0.1) is 0 Å². The predicted octanol–water partition coefficient (Wildman–Crippen LogP) is 3.16. The lowest BCUT2D eigenvalue weighted by Crippen LogP contribution is -2.27. The van der Waals surface area contributed by atoms with Crippen LogP contribution in [0.3, 0.4) is 0 Å². The average molecular weight is 391 g/mol. The van der Waals surface area contributed by atoms with Gasteiger partial charge >= 0.3 is 6.18 Å². The van der Waals surface area contributed by atoms with Crippen LogP contribution in [0.4, 0.5) is 13.2 Å². The van der Waals surface area contributed by atoms with Crippen LogP contribution in [0.25, 0.3) is 0 Å². The van der Waals surface area contributed by atoms with Gasteiger partial charge in [0.1, 0.15) is 15.9 Å². The van der Waals surface area contributed by atoms with Crippen LogP contribution >= 0.6 is 31.9 Å². The number of hydrogen-bond donors (Lipinski definition) is 0. The third kappa shape index (κ3) is 2.71. The minimum atomic E-state index is -4.18. The zero-order valence-corrected chi connectivity index (χ0v) is 12.1. The van der Waals surface area contributed by atoms with Gasteiger partial charge in [-0.2, -0.15) is 13.2 Å². The summed E-state index contributed by atoms with van der Waals surface area (Å²) in [6.07, 6.45) is -5.16. The summed E-state index contributed by atoms with van der Waals surface area (Å²) in [4.78, 5) is 17.2. The Balaban J connectivity index is 1.98. The number of aromatic nitrogens is 2. The van der Waals surface area contributed by atoms with E-state index in [2.05, 4.69) is 36.8 Å². The standard InChI is InChI=1S/C9H8Br2F3N3O/c10-5-6(11)17-4-16(8(18)7(17)15-5)3-1-2-9(12,13)14/h1-4H2. The molecule has 0 atom stereocenters. The van der Waals surface area contributed by atoms with Gasteiger partial charge in [-0.05, 0) is 38.3 Å². The van der Waals surface area contributed by atoms with Crippen LogP contribution in [0.15, 0.2) is 9.21 Å². The van der Waals surface area contributed by atoms with E-state index < -0.39 is 12.6 Å². The molecule has 0 fully saturated rings. The highest BCUT2D eigenvalue weighted by molar-refractivity contribution is 9.13. The van der Waals surface area contributed by atoms with Crippen LogP contribution in [-0.4, -0.2) is 33.1 Å². The molecule has 0 aliphatic carbocycles. The smallest absolute Gasteiger partial charge is 0.318 e. The monoisotopic (exact) mass is 389 g/mol. The SMILES string of the molecule is O=C1c2nc(Br)c(Br)n2CN1CCCC(F)(F)F. The maximum Gasteiger partial charge on any atom is 0.389 e. The van der Waals surface area contributed by atoms with Gasteiger partial charge in [0.2, 0.25) is 5.82 Å². The number of carbonyl (C=O) groups excluding carboxylic acids is 1. The fraction of sp³-hybridized carbons (Fsp3) is 0.556. The maximum atomic E-state index is 12.0. The van der Waals surface area contributed by atoms with Crippen molar-refractivity contribution in [2.24, 2.45) is 0 Å². The van der Waals surface area contributed by atoms with Crippen molar-refractivity contribution in [3.8, 4) is 0 Å². The molecule has 1 aromatic heterocycles. The summed E-state index contributed by atoms with van der Waals surface area (Å²) >= 11 is 6.42. The Labute approximate surface area is 117 Å². The molecule has 9 heteroatoms. The molecular formula is C9H8Br2F3N3O. The quantitative estimate of drug-likeness (QED) is 0.795. The third-order valence-electron chi connectivity index (χ3n) is 2.55.